The fourth-order valence-corrected chi connectivity index (χ4v) is 5.84. The molecule has 0 fully saturated rings. The summed E-state index contributed by atoms with van der Waals surface area (Å²) in [5, 5.41) is 55.9. The molecule has 0 aromatic heterocycles. The molecule has 1 aromatic carbocycles. The number of hydrogen-bond acceptors (Lipinski definition) is 10. The first-order valence-corrected chi connectivity index (χ1v) is 11.0. The van der Waals surface area contributed by atoms with E-state index in [9.17, 15) is 39.9 Å². The lowest BCUT2D eigenvalue weighted by Gasteiger charge is -2.52. The third-order valence-corrected chi connectivity index (χ3v) is 7.45. The normalized spacial score (nSPS) is 30.3. The number of Topliss-reactive ketones (excluding diaryl/α,β-unsaturated/α-hetero) is 2. The molecule has 0 saturated heterocycles. The topological polar surface area (TPSA) is 185 Å². The van der Waals surface area contributed by atoms with Crippen LogP contribution in [-0.4, -0.2) is 93.8 Å². The second-order valence-corrected chi connectivity index (χ2v) is 9.86. The van der Waals surface area contributed by atoms with Crippen molar-refractivity contribution in [2.45, 2.75) is 31.1 Å². The number of aliphatic hydroxyl groups excluding tert-OH is 3. The fourth-order valence-electron chi connectivity index (χ4n) is 5.84. The third-order valence-electron chi connectivity index (χ3n) is 7.45. The second kappa shape index (κ2) is 7.80. The zero-order valence-corrected chi connectivity index (χ0v) is 20.0. The van der Waals surface area contributed by atoms with Crippen molar-refractivity contribution >= 4 is 23.2 Å². The molecule has 3 aliphatic carbocycles. The molecule has 2 unspecified atom stereocenters. The Bertz CT molecular complexity index is 1250. The molecule has 0 saturated carbocycles. The molecule has 4 rings (SSSR count). The van der Waals surface area contributed by atoms with Gasteiger partial charge in [-0.15, -0.1) is 0 Å². The molecule has 0 radical (unpaired) electrons. The van der Waals surface area contributed by atoms with Crippen LogP contribution in [0, 0.1) is 18.8 Å². The number of nitrogens with two attached hydrogens (primary N) is 1. The summed E-state index contributed by atoms with van der Waals surface area (Å²) in [6.45, 7) is 1.61. The maximum Gasteiger partial charge on any atom is 0.255 e. The highest BCUT2D eigenvalue weighted by atomic mass is 16.4. The van der Waals surface area contributed by atoms with Gasteiger partial charge in [-0.25, -0.2) is 0 Å². The Kier molecular flexibility index (Phi) is 5.51. The maximum absolute atomic E-state index is 13.7. The summed E-state index contributed by atoms with van der Waals surface area (Å²) in [6, 6.07) is 0.414. The zero-order chi connectivity index (χ0) is 26.3. The number of benzene rings is 1. The van der Waals surface area contributed by atoms with Gasteiger partial charge in [0.05, 0.1) is 23.6 Å². The average molecular weight is 488 g/mol. The molecule has 5 atom stereocenters. The van der Waals surface area contributed by atoms with Gasteiger partial charge in [-0.3, -0.25) is 19.3 Å². The molecule has 11 heteroatoms. The number of ketones is 2. The molecule has 35 heavy (non-hydrogen) atoms. The molecule has 188 valence electrons. The molecular weight excluding hydrogens is 458 g/mol. The Hall–Kier alpha value is -3.41. The van der Waals surface area contributed by atoms with Crippen molar-refractivity contribution in [1.82, 2.24) is 4.90 Å². The van der Waals surface area contributed by atoms with Gasteiger partial charge >= 0.3 is 0 Å². The minimum Gasteiger partial charge on any atom is -0.510 e. The Morgan fingerprint density at radius 1 is 1.14 bits per heavy atom. The Balaban J connectivity index is 2.05. The van der Waals surface area contributed by atoms with Crippen molar-refractivity contribution in [3.8, 4) is 5.75 Å². The summed E-state index contributed by atoms with van der Waals surface area (Å²) in [5.74, 6) is -8.26. The minimum atomic E-state index is -2.91. The number of carbonyl (C=O) groups is 3. The largest absolute Gasteiger partial charge is 0.510 e. The number of aliphatic hydroxyl groups is 4. The van der Waals surface area contributed by atoms with Crippen molar-refractivity contribution in [3.63, 3.8) is 0 Å². The number of nitrogens with zero attached hydrogens (tertiary/aromatic N) is 2. The van der Waals surface area contributed by atoms with Gasteiger partial charge < -0.3 is 36.2 Å². The summed E-state index contributed by atoms with van der Waals surface area (Å²) in [7, 11) is 6.49. The van der Waals surface area contributed by atoms with Crippen molar-refractivity contribution in [2.24, 2.45) is 17.6 Å². The summed E-state index contributed by atoms with van der Waals surface area (Å²) < 4.78 is 0. The molecule has 11 nitrogen and oxygen atoms in total. The number of likely N-dealkylation sites (N-methyl/N-ethyl adjacent to an activating group) is 1. The molecule has 1 amide bonds. The van der Waals surface area contributed by atoms with E-state index in [2.05, 4.69) is 0 Å². The van der Waals surface area contributed by atoms with Crippen LogP contribution in [0.5, 0.6) is 5.75 Å². The van der Waals surface area contributed by atoms with Gasteiger partial charge in [-0.05, 0) is 44.6 Å². The van der Waals surface area contributed by atoms with Crippen LogP contribution >= 0.6 is 0 Å². The van der Waals surface area contributed by atoms with Crippen molar-refractivity contribution in [2.75, 3.05) is 33.1 Å². The lowest BCUT2D eigenvalue weighted by molar-refractivity contribution is -0.161. The highest BCUT2D eigenvalue weighted by molar-refractivity contribution is 6.25. The molecule has 0 spiro atoms. The number of fused-ring (bicyclic) bond motifs is 3. The van der Waals surface area contributed by atoms with Crippen molar-refractivity contribution in [1.29, 1.82) is 0 Å². The van der Waals surface area contributed by atoms with Crippen LogP contribution in [0.1, 0.15) is 21.5 Å². The number of rotatable bonds is 3. The minimum absolute atomic E-state index is 0.00292. The Labute approximate surface area is 201 Å². The van der Waals surface area contributed by atoms with Crippen LogP contribution in [0.3, 0.4) is 0 Å². The van der Waals surface area contributed by atoms with Crippen LogP contribution in [0.4, 0.5) is 5.69 Å². The molecular formula is C24H29N3O8. The lowest BCUT2D eigenvalue weighted by Crippen LogP contribution is -2.68. The summed E-state index contributed by atoms with van der Waals surface area (Å²) in [5.41, 5.74) is 2.42. The maximum atomic E-state index is 13.7. The van der Waals surface area contributed by atoms with Crippen LogP contribution in [0.25, 0.3) is 0 Å². The first kappa shape index (κ1) is 24.7. The fraction of sp³-hybridized carbons (Fsp3) is 0.458. The number of aryl methyl sites for hydroxylation is 1. The van der Waals surface area contributed by atoms with E-state index in [0.717, 1.165) is 0 Å². The number of primary amides is 1. The number of aromatic hydroxyl groups is 1. The smallest absolute Gasteiger partial charge is 0.255 e. The van der Waals surface area contributed by atoms with E-state index in [1.165, 1.54) is 19.0 Å². The lowest BCUT2D eigenvalue weighted by atomic mass is 9.57. The van der Waals surface area contributed by atoms with Gasteiger partial charge in [0.1, 0.15) is 22.8 Å². The third kappa shape index (κ3) is 3.05. The number of hydrogen-bond donors (Lipinski definition) is 6. The second-order valence-electron chi connectivity index (χ2n) is 9.86. The van der Waals surface area contributed by atoms with Crippen molar-refractivity contribution < 1.29 is 39.9 Å². The van der Waals surface area contributed by atoms with E-state index in [0.29, 0.717) is 16.8 Å². The quantitative estimate of drug-likeness (QED) is 0.303. The van der Waals surface area contributed by atoms with E-state index in [1.54, 1.807) is 32.0 Å². The van der Waals surface area contributed by atoms with Crippen molar-refractivity contribution in [3.05, 3.63) is 45.4 Å². The SMILES string of the molecule is Cc1cc(N(C)C)c2c(c1O)C(=O)C1=C(O)[C@]3(O)C(=O)C(C(N)=O)=C(O)[C@@H](N(C)C)C3[C@@H](O)C1C2. The van der Waals surface area contributed by atoms with Gasteiger partial charge in [-0.2, -0.15) is 0 Å². The van der Waals surface area contributed by atoms with Gasteiger partial charge in [0.2, 0.25) is 5.78 Å². The highest BCUT2D eigenvalue weighted by Gasteiger charge is 2.66. The number of anilines is 1. The summed E-state index contributed by atoms with van der Waals surface area (Å²) >= 11 is 0. The zero-order valence-electron chi connectivity index (χ0n) is 20.0. The number of phenolic OH excluding ortho intramolecular Hbond substituents is 1. The number of carbonyl (C=O) groups excluding carboxylic acids is 3. The molecule has 0 aliphatic heterocycles. The molecule has 0 heterocycles. The molecule has 3 aliphatic rings. The first-order chi connectivity index (χ1) is 16.2. The van der Waals surface area contributed by atoms with Gasteiger partial charge in [0, 0.05) is 31.3 Å². The van der Waals surface area contributed by atoms with E-state index in [-0.39, 0.29) is 17.7 Å². The summed E-state index contributed by atoms with van der Waals surface area (Å²) in [6.07, 6.45) is -1.61. The van der Waals surface area contributed by atoms with Gasteiger partial charge in [-0.1, -0.05) is 0 Å². The Morgan fingerprint density at radius 3 is 2.26 bits per heavy atom. The Morgan fingerprint density at radius 2 is 1.74 bits per heavy atom. The summed E-state index contributed by atoms with van der Waals surface area (Å²) in [4.78, 5) is 42.1. The molecule has 0 bridgehead atoms. The van der Waals surface area contributed by atoms with E-state index in [1.807, 2.05) is 0 Å². The molecule has 1 aromatic rings. The monoisotopic (exact) mass is 487 g/mol. The molecule has 7 N–H and O–H groups in total. The average Bonchev–Trinajstić information content (AvgIpc) is 2.75. The van der Waals surface area contributed by atoms with E-state index >= 15 is 0 Å². The predicted octanol–water partition coefficient (Wildman–Crippen LogP) is -0.534. The number of amides is 1. The predicted molar refractivity (Wildman–Crippen MR) is 124 cm³/mol. The highest BCUT2D eigenvalue weighted by Crippen LogP contribution is 2.53. The standard InChI is InChI=1S/C24H29N3O8/c1-8-6-11(26(2)3)9-7-10-13(19(30)12(9)17(8)28)21(32)24(35)15(18(10)29)16(27(4)5)20(31)14(22(24)33)23(25)34/h6,10,15-16,18,28-29,31-32,35H,7H2,1-5H3,(H2,25,34)/t10?,15?,16-,18-,24-/m0/s1. The first-order valence-electron chi connectivity index (χ1n) is 11.0. The van der Waals surface area contributed by atoms with Crippen LogP contribution in [-0.2, 0) is 16.0 Å². The van der Waals surface area contributed by atoms with E-state index < -0.39 is 69.7 Å². The van der Waals surface area contributed by atoms with Crippen LogP contribution in [0.15, 0.2) is 28.7 Å². The number of phenols is 1. The van der Waals surface area contributed by atoms with Crippen LogP contribution in [0.2, 0.25) is 0 Å². The van der Waals surface area contributed by atoms with Crippen LogP contribution < -0.4 is 10.6 Å². The van der Waals surface area contributed by atoms with Gasteiger partial charge in [0.25, 0.3) is 5.91 Å². The van der Waals surface area contributed by atoms with E-state index in [4.69, 9.17) is 5.73 Å². The van der Waals surface area contributed by atoms with Gasteiger partial charge in [0.15, 0.2) is 11.4 Å².